The molecule has 1 aromatic heterocycles. The molecule has 0 radical (unpaired) electrons. The summed E-state index contributed by atoms with van der Waals surface area (Å²) in [5, 5.41) is 4.21. The zero-order chi connectivity index (χ0) is 18.0. The average Bonchev–Trinajstić information content (AvgIpc) is 2.95. The summed E-state index contributed by atoms with van der Waals surface area (Å²) in [4.78, 5) is 28.7. The second-order valence-electron chi connectivity index (χ2n) is 6.80. The van der Waals surface area contributed by atoms with Crippen molar-refractivity contribution in [3.8, 4) is 0 Å². The highest BCUT2D eigenvalue weighted by molar-refractivity contribution is 5.85. The minimum absolute atomic E-state index is 0.00825. The van der Waals surface area contributed by atoms with Crippen LogP contribution >= 0.6 is 0 Å². The number of urea groups is 1. The fraction of sp³-hybridized carbons (Fsp3) is 0.474. The fourth-order valence-electron chi connectivity index (χ4n) is 3.62. The van der Waals surface area contributed by atoms with Crippen LogP contribution in [0.5, 0.6) is 0 Å². The third-order valence-corrected chi connectivity index (χ3v) is 5.15. The van der Waals surface area contributed by atoms with Gasteiger partial charge in [-0.15, -0.1) is 0 Å². The first-order valence-electron chi connectivity index (χ1n) is 8.91. The number of aromatic amines is 1. The number of aromatic nitrogens is 1. The molecule has 6 heteroatoms. The number of carbonyl (C=O) groups is 2. The molecule has 3 amide bonds. The van der Waals surface area contributed by atoms with Gasteiger partial charge in [0.15, 0.2) is 0 Å². The maximum Gasteiger partial charge on any atom is 0.314 e. The molecule has 134 valence electrons. The number of hydrogen-bond donors (Lipinski definition) is 3. The van der Waals surface area contributed by atoms with E-state index in [0.717, 1.165) is 30.3 Å². The number of likely N-dealkylation sites (tertiary alicyclic amines) is 1. The zero-order valence-corrected chi connectivity index (χ0v) is 14.9. The molecule has 6 nitrogen and oxygen atoms in total. The van der Waals surface area contributed by atoms with Crippen LogP contribution in [0.25, 0.3) is 10.9 Å². The second-order valence-corrected chi connectivity index (χ2v) is 6.80. The highest BCUT2D eigenvalue weighted by Crippen LogP contribution is 2.23. The molecule has 1 aromatic carbocycles. The number of benzene rings is 1. The number of amides is 3. The van der Waals surface area contributed by atoms with Gasteiger partial charge in [-0.25, -0.2) is 4.79 Å². The maximum atomic E-state index is 12.4. The van der Waals surface area contributed by atoms with Crippen LogP contribution in [0.4, 0.5) is 4.79 Å². The van der Waals surface area contributed by atoms with Crippen molar-refractivity contribution in [3.05, 3.63) is 35.0 Å². The van der Waals surface area contributed by atoms with Crippen molar-refractivity contribution >= 4 is 22.8 Å². The highest BCUT2D eigenvalue weighted by atomic mass is 16.2. The molecule has 3 rings (SSSR count). The second kappa shape index (κ2) is 7.17. The molecule has 2 aromatic rings. The molecule has 25 heavy (non-hydrogen) atoms. The van der Waals surface area contributed by atoms with Gasteiger partial charge in [-0.1, -0.05) is 13.0 Å². The van der Waals surface area contributed by atoms with E-state index < -0.39 is 6.03 Å². The van der Waals surface area contributed by atoms with Crippen molar-refractivity contribution < 1.29 is 9.59 Å². The largest absolute Gasteiger partial charge is 0.358 e. The Morgan fingerprint density at radius 3 is 2.92 bits per heavy atom. The molecule has 1 fully saturated rings. The molecule has 1 atom stereocenters. The van der Waals surface area contributed by atoms with Crippen LogP contribution in [0, 0.1) is 12.8 Å². The molecular formula is C19H26N4O2. The Kier molecular flexibility index (Phi) is 4.97. The third kappa shape index (κ3) is 3.62. The summed E-state index contributed by atoms with van der Waals surface area (Å²) in [5.74, 6) is -0.184. The first-order valence-corrected chi connectivity index (χ1v) is 8.91. The first kappa shape index (κ1) is 17.3. The Bertz CT molecular complexity index is 796. The molecule has 2 heterocycles. The Morgan fingerprint density at radius 2 is 2.20 bits per heavy atom. The van der Waals surface area contributed by atoms with E-state index in [9.17, 15) is 9.59 Å². The molecule has 0 aliphatic carbocycles. The fourth-order valence-corrected chi connectivity index (χ4v) is 3.62. The monoisotopic (exact) mass is 342 g/mol. The van der Waals surface area contributed by atoms with E-state index in [1.807, 2.05) is 6.07 Å². The van der Waals surface area contributed by atoms with Gasteiger partial charge < -0.3 is 20.9 Å². The number of H-pyrrole nitrogens is 1. The molecule has 0 bridgehead atoms. The number of carbonyl (C=O) groups excluding carboxylic acids is 2. The quantitative estimate of drug-likeness (QED) is 0.796. The number of piperidine rings is 1. The highest BCUT2D eigenvalue weighted by Gasteiger charge is 2.27. The predicted molar refractivity (Wildman–Crippen MR) is 98.1 cm³/mol. The van der Waals surface area contributed by atoms with Gasteiger partial charge in [-0.05, 0) is 49.4 Å². The molecule has 1 saturated heterocycles. The van der Waals surface area contributed by atoms with E-state index in [1.54, 1.807) is 4.90 Å². The summed E-state index contributed by atoms with van der Waals surface area (Å²) in [6.45, 7) is 5.81. The number of rotatable bonds is 4. The lowest BCUT2D eigenvalue weighted by molar-refractivity contribution is -0.126. The Hall–Kier alpha value is -2.50. The minimum atomic E-state index is -0.447. The van der Waals surface area contributed by atoms with E-state index in [4.69, 9.17) is 5.73 Å². The van der Waals surface area contributed by atoms with Gasteiger partial charge >= 0.3 is 6.03 Å². The number of aryl methyl sites for hydroxylation is 2. The SMILES string of the molecule is CCc1[nH]c2ccc(CNC(=O)C3CCCN(C(N)=O)C3)cc2c1C. The third-order valence-electron chi connectivity index (χ3n) is 5.15. The van der Waals surface area contributed by atoms with Crippen LogP contribution < -0.4 is 11.1 Å². The number of primary amides is 1. The molecular weight excluding hydrogens is 316 g/mol. The van der Waals surface area contributed by atoms with Crippen molar-refractivity contribution in [2.45, 2.75) is 39.7 Å². The molecule has 0 saturated carbocycles. The van der Waals surface area contributed by atoms with Gasteiger partial charge in [0.1, 0.15) is 0 Å². The zero-order valence-electron chi connectivity index (χ0n) is 14.9. The lowest BCUT2D eigenvalue weighted by atomic mass is 9.97. The summed E-state index contributed by atoms with van der Waals surface area (Å²) in [6, 6.07) is 5.79. The molecule has 4 N–H and O–H groups in total. The van der Waals surface area contributed by atoms with Crippen LogP contribution in [0.2, 0.25) is 0 Å². The number of nitrogens with zero attached hydrogens (tertiary/aromatic N) is 1. The number of hydrogen-bond acceptors (Lipinski definition) is 2. The van der Waals surface area contributed by atoms with E-state index in [-0.39, 0.29) is 11.8 Å². The average molecular weight is 342 g/mol. The minimum Gasteiger partial charge on any atom is -0.358 e. The van der Waals surface area contributed by atoms with Gasteiger partial charge in [0.05, 0.1) is 5.92 Å². The topological polar surface area (TPSA) is 91.2 Å². The van der Waals surface area contributed by atoms with E-state index in [1.165, 1.54) is 16.6 Å². The van der Waals surface area contributed by atoms with Crippen molar-refractivity contribution in [2.75, 3.05) is 13.1 Å². The number of nitrogens with two attached hydrogens (primary N) is 1. The normalized spacial score (nSPS) is 17.7. The Morgan fingerprint density at radius 1 is 1.40 bits per heavy atom. The first-order chi connectivity index (χ1) is 12.0. The van der Waals surface area contributed by atoms with Gasteiger partial charge in [-0.3, -0.25) is 4.79 Å². The van der Waals surface area contributed by atoms with Crippen molar-refractivity contribution in [1.82, 2.24) is 15.2 Å². The Balaban J connectivity index is 1.64. The van der Waals surface area contributed by atoms with Gasteiger partial charge in [0, 0.05) is 36.2 Å². The number of fused-ring (bicyclic) bond motifs is 1. The summed E-state index contributed by atoms with van der Waals surface area (Å²) in [6.07, 6.45) is 2.59. The van der Waals surface area contributed by atoms with Gasteiger partial charge in [0.2, 0.25) is 5.91 Å². The van der Waals surface area contributed by atoms with Gasteiger partial charge in [0.25, 0.3) is 0 Å². The predicted octanol–water partition coefficient (Wildman–Crippen LogP) is 2.45. The van der Waals surface area contributed by atoms with Crippen LogP contribution in [0.15, 0.2) is 18.2 Å². The molecule has 1 aliphatic rings. The lowest BCUT2D eigenvalue weighted by Crippen LogP contribution is -2.47. The molecule has 1 aliphatic heterocycles. The summed E-state index contributed by atoms with van der Waals surface area (Å²) < 4.78 is 0. The molecule has 0 spiro atoms. The van der Waals surface area contributed by atoms with Crippen molar-refractivity contribution in [1.29, 1.82) is 0 Å². The van der Waals surface area contributed by atoms with Crippen LogP contribution in [-0.2, 0) is 17.8 Å². The van der Waals surface area contributed by atoms with E-state index in [2.05, 4.69) is 36.3 Å². The summed E-state index contributed by atoms with van der Waals surface area (Å²) in [5.41, 5.74) is 10.1. The maximum absolute atomic E-state index is 12.4. The molecule has 1 unspecified atom stereocenters. The van der Waals surface area contributed by atoms with E-state index in [0.29, 0.717) is 19.6 Å². The van der Waals surface area contributed by atoms with Gasteiger partial charge in [-0.2, -0.15) is 0 Å². The van der Waals surface area contributed by atoms with Crippen LogP contribution in [-0.4, -0.2) is 34.9 Å². The van der Waals surface area contributed by atoms with Crippen molar-refractivity contribution in [2.24, 2.45) is 11.7 Å². The number of nitrogens with one attached hydrogen (secondary N) is 2. The standard InChI is InChI=1S/C19H26N4O2/c1-3-16-12(2)15-9-13(6-7-17(15)22-16)10-21-18(24)14-5-4-8-23(11-14)19(20)25/h6-7,9,14,22H,3-5,8,10-11H2,1-2H3,(H2,20,25)(H,21,24). The Labute approximate surface area is 147 Å². The summed E-state index contributed by atoms with van der Waals surface area (Å²) >= 11 is 0. The van der Waals surface area contributed by atoms with Crippen LogP contribution in [0.1, 0.15) is 36.6 Å². The van der Waals surface area contributed by atoms with Crippen molar-refractivity contribution in [3.63, 3.8) is 0 Å². The lowest BCUT2D eigenvalue weighted by Gasteiger charge is -2.30. The van der Waals surface area contributed by atoms with E-state index >= 15 is 0 Å². The van der Waals surface area contributed by atoms with Crippen LogP contribution in [0.3, 0.4) is 0 Å². The summed E-state index contributed by atoms with van der Waals surface area (Å²) in [7, 11) is 0. The smallest absolute Gasteiger partial charge is 0.314 e.